The molecule has 100 valence electrons. The van der Waals surface area contributed by atoms with Crippen LogP contribution in [0.5, 0.6) is 0 Å². The van der Waals surface area contributed by atoms with Crippen LogP contribution in [0.3, 0.4) is 0 Å². The van der Waals surface area contributed by atoms with Gasteiger partial charge in [-0.15, -0.1) is 0 Å². The molecule has 0 fully saturated rings. The number of aromatic nitrogens is 4. The summed E-state index contributed by atoms with van der Waals surface area (Å²) in [5.74, 6) is 0.228. The number of halogens is 1. The van der Waals surface area contributed by atoms with Crippen LogP contribution >= 0.6 is 0 Å². The van der Waals surface area contributed by atoms with Crippen LogP contribution in [-0.2, 0) is 7.05 Å². The summed E-state index contributed by atoms with van der Waals surface area (Å²) in [4.78, 5) is 0. The van der Waals surface area contributed by atoms with Crippen molar-refractivity contribution in [2.45, 2.75) is 0 Å². The maximum atomic E-state index is 13.1. The van der Waals surface area contributed by atoms with Gasteiger partial charge in [-0.3, -0.25) is 4.68 Å². The number of hydrogen-bond donors (Lipinski definition) is 1. The number of nitrogens with two attached hydrogens (primary N) is 1. The molecule has 2 aromatic heterocycles. The lowest BCUT2D eigenvalue weighted by molar-refractivity contribution is 0.628. The van der Waals surface area contributed by atoms with Gasteiger partial charge in [0.05, 0.1) is 18.0 Å². The Kier molecular flexibility index (Phi) is 2.90. The monoisotopic (exact) mass is 269 g/mol. The van der Waals surface area contributed by atoms with E-state index in [4.69, 9.17) is 5.73 Å². The first-order valence-corrected chi connectivity index (χ1v) is 6.02. The van der Waals surface area contributed by atoms with Crippen molar-refractivity contribution >= 4 is 5.82 Å². The fourth-order valence-electron chi connectivity index (χ4n) is 2.07. The van der Waals surface area contributed by atoms with Crippen LogP contribution in [0.2, 0.25) is 0 Å². The Labute approximate surface area is 114 Å². The molecule has 0 amide bonds. The summed E-state index contributed by atoms with van der Waals surface area (Å²) in [5, 5.41) is 12.0. The van der Waals surface area contributed by atoms with E-state index in [1.165, 1.54) is 12.1 Å². The highest BCUT2D eigenvalue weighted by molar-refractivity contribution is 5.87. The van der Waals surface area contributed by atoms with Gasteiger partial charge in [0.15, 0.2) is 0 Å². The zero-order valence-corrected chi connectivity index (χ0v) is 10.8. The largest absolute Gasteiger partial charge is 0.383 e. The smallest absolute Gasteiger partial charge is 0.129 e. The van der Waals surface area contributed by atoms with E-state index < -0.39 is 0 Å². The number of anilines is 1. The maximum Gasteiger partial charge on any atom is 0.129 e. The van der Waals surface area contributed by atoms with Gasteiger partial charge in [0, 0.05) is 12.6 Å². The third-order valence-corrected chi connectivity index (χ3v) is 3.08. The normalized spacial score (nSPS) is 10.7. The summed E-state index contributed by atoms with van der Waals surface area (Å²) >= 11 is 0. The van der Waals surface area contributed by atoms with Crippen molar-refractivity contribution in [1.82, 2.24) is 20.0 Å². The Bertz CT molecular complexity index is 734. The molecule has 0 aliphatic heterocycles. The summed E-state index contributed by atoms with van der Waals surface area (Å²) < 4.78 is 14.7. The Morgan fingerprint density at radius 2 is 1.80 bits per heavy atom. The number of nitrogen functional groups attached to an aromatic ring is 1. The molecule has 20 heavy (non-hydrogen) atoms. The zero-order chi connectivity index (χ0) is 14.1. The van der Waals surface area contributed by atoms with Crippen LogP contribution in [0.15, 0.2) is 42.7 Å². The first-order valence-electron chi connectivity index (χ1n) is 6.02. The van der Waals surface area contributed by atoms with Crippen LogP contribution in [0.1, 0.15) is 0 Å². The standard InChI is InChI=1S/C14H12FN5/c1-20-14(16)12(9-2-4-11(15)5-3-9)13(19-20)10-6-7-17-18-8-10/h2-8H,16H2,1H3. The van der Waals surface area contributed by atoms with Crippen molar-refractivity contribution in [3.05, 3.63) is 48.5 Å². The lowest BCUT2D eigenvalue weighted by Gasteiger charge is -2.04. The fourth-order valence-corrected chi connectivity index (χ4v) is 2.07. The van der Waals surface area contributed by atoms with E-state index in [1.807, 2.05) is 6.07 Å². The molecule has 0 radical (unpaired) electrons. The molecule has 0 aliphatic carbocycles. The van der Waals surface area contributed by atoms with Gasteiger partial charge in [-0.05, 0) is 23.8 Å². The number of benzene rings is 1. The Balaban J connectivity index is 2.22. The summed E-state index contributed by atoms with van der Waals surface area (Å²) in [6.07, 6.45) is 3.21. The number of nitrogens with zero attached hydrogens (tertiary/aromatic N) is 4. The lowest BCUT2D eigenvalue weighted by atomic mass is 10.0. The van der Waals surface area contributed by atoms with Crippen molar-refractivity contribution < 1.29 is 4.39 Å². The Hall–Kier alpha value is -2.76. The molecule has 2 N–H and O–H groups in total. The minimum Gasteiger partial charge on any atom is -0.383 e. The van der Waals surface area contributed by atoms with Crippen molar-refractivity contribution in [1.29, 1.82) is 0 Å². The van der Waals surface area contributed by atoms with Gasteiger partial charge in [-0.1, -0.05) is 12.1 Å². The van der Waals surface area contributed by atoms with Crippen molar-refractivity contribution in [3.63, 3.8) is 0 Å². The third-order valence-electron chi connectivity index (χ3n) is 3.08. The van der Waals surface area contributed by atoms with Crippen LogP contribution in [0.25, 0.3) is 22.4 Å². The molecule has 0 saturated heterocycles. The molecule has 3 rings (SSSR count). The van der Waals surface area contributed by atoms with Crippen molar-refractivity contribution in [3.8, 4) is 22.4 Å². The van der Waals surface area contributed by atoms with Gasteiger partial charge < -0.3 is 5.73 Å². The van der Waals surface area contributed by atoms with E-state index in [0.29, 0.717) is 11.5 Å². The summed E-state index contributed by atoms with van der Waals surface area (Å²) in [6.45, 7) is 0. The van der Waals surface area contributed by atoms with E-state index >= 15 is 0 Å². The molecule has 2 heterocycles. The molecular weight excluding hydrogens is 257 g/mol. The summed E-state index contributed by atoms with van der Waals surface area (Å²) in [5.41, 5.74) is 9.17. The molecule has 0 spiro atoms. The van der Waals surface area contributed by atoms with Gasteiger partial charge in [0.2, 0.25) is 0 Å². The predicted molar refractivity (Wildman–Crippen MR) is 74.0 cm³/mol. The minimum absolute atomic E-state index is 0.289. The average molecular weight is 269 g/mol. The van der Waals surface area contributed by atoms with Crippen LogP contribution in [0.4, 0.5) is 10.2 Å². The summed E-state index contributed by atoms with van der Waals surface area (Å²) in [7, 11) is 1.76. The second-order valence-corrected chi connectivity index (χ2v) is 4.37. The van der Waals surface area contributed by atoms with E-state index in [1.54, 1.807) is 36.3 Å². The quantitative estimate of drug-likeness (QED) is 0.774. The highest BCUT2D eigenvalue weighted by Crippen LogP contribution is 2.35. The summed E-state index contributed by atoms with van der Waals surface area (Å²) in [6, 6.07) is 7.97. The minimum atomic E-state index is -0.289. The highest BCUT2D eigenvalue weighted by Gasteiger charge is 2.17. The fraction of sp³-hybridized carbons (Fsp3) is 0.0714. The molecule has 0 atom stereocenters. The number of aryl methyl sites for hydroxylation is 1. The molecular formula is C14H12FN5. The average Bonchev–Trinajstić information content (AvgIpc) is 2.77. The van der Waals surface area contributed by atoms with Gasteiger partial charge in [-0.25, -0.2) is 4.39 Å². The van der Waals surface area contributed by atoms with Crippen LogP contribution < -0.4 is 5.73 Å². The van der Waals surface area contributed by atoms with Crippen LogP contribution in [-0.4, -0.2) is 20.0 Å². The SMILES string of the molecule is Cn1nc(-c2ccnnc2)c(-c2ccc(F)cc2)c1N. The molecule has 0 unspecified atom stereocenters. The molecule has 0 saturated carbocycles. The zero-order valence-electron chi connectivity index (χ0n) is 10.8. The van der Waals surface area contributed by atoms with Gasteiger partial charge in [0.1, 0.15) is 17.3 Å². The second-order valence-electron chi connectivity index (χ2n) is 4.37. The molecule has 5 nitrogen and oxygen atoms in total. The highest BCUT2D eigenvalue weighted by atomic mass is 19.1. The third kappa shape index (κ3) is 2.01. The van der Waals surface area contributed by atoms with E-state index in [9.17, 15) is 4.39 Å². The second kappa shape index (κ2) is 4.73. The van der Waals surface area contributed by atoms with Crippen LogP contribution in [0, 0.1) is 5.82 Å². The van der Waals surface area contributed by atoms with E-state index in [0.717, 1.165) is 16.7 Å². The first-order chi connectivity index (χ1) is 9.66. The molecule has 6 heteroatoms. The van der Waals surface area contributed by atoms with Gasteiger partial charge in [0.25, 0.3) is 0 Å². The van der Waals surface area contributed by atoms with E-state index in [2.05, 4.69) is 15.3 Å². The molecule has 3 aromatic rings. The Morgan fingerprint density at radius 3 is 2.45 bits per heavy atom. The van der Waals surface area contributed by atoms with Gasteiger partial charge in [-0.2, -0.15) is 15.3 Å². The maximum absolute atomic E-state index is 13.1. The topological polar surface area (TPSA) is 69.6 Å². The molecule has 0 aliphatic rings. The first kappa shape index (κ1) is 12.3. The lowest BCUT2D eigenvalue weighted by Crippen LogP contribution is -1.97. The van der Waals surface area contributed by atoms with Crippen molar-refractivity contribution in [2.75, 3.05) is 5.73 Å². The molecule has 1 aromatic carbocycles. The van der Waals surface area contributed by atoms with Crippen molar-refractivity contribution in [2.24, 2.45) is 7.05 Å². The van der Waals surface area contributed by atoms with Gasteiger partial charge >= 0.3 is 0 Å². The van der Waals surface area contributed by atoms with E-state index in [-0.39, 0.29) is 5.82 Å². The predicted octanol–water partition coefficient (Wildman–Crippen LogP) is 2.27. The number of rotatable bonds is 2. The number of hydrogen-bond acceptors (Lipinski definition) is 4. The molecule has 0 bridgehead atoms. The Morgan fingerprint density at radius 1 is 1.05 bits per heavy atom.